The Morgan fingerprint density at radius 2 is 1.62 bits per heavy atom. The van der Waals surface area contributed by atoms with Gasteiger partial charge in [-0.05, 0) is 40.8 Å². The van der Waals surface area contributed by atoms with Crippen LogP contribution in [0.3, 0.4) is 0 Å². The summed E-state index contributed by atoms with van der Waals surface area (Å²) < 4.78 is 4.14. The Labute approximate surface area is 184 Å². The molecular weight excluding hydrogens is 398 g/mol. The van der Waals surface area contributed by atoms with Crippen molar-refractivity contribution in [3.05, 3.63) is 79.3 Å². The quantitative estimate of drug-likeness (QED) is 0.396. The number of imidazole rings is 1. The van der Waals surface area contributed by atoms with Crippen molar-refractivity contribution in [3.63, 3.8) is 0 Å². The zero-order valence-corrected chi connectivity index (χ0v) is 18.1. The lowest BCUT2D eigenvalue weighted by atomic mass is 9.87. The molecule has 156 valence electrons. The lowest BCUT2D eigenvalue weighted by molar-refractivity contribution is 0.590. The second-order valence-electron chi connectivity index (χ2n) is 8.98. The molecule has 0 bridgehead atoms. The van der Waals surface area contributed by atoms with Crippen molar-refractivity contribution in [2.24, 2.45) is 0 Å². The first-order valence-corrected chi connectivity index (χ1v) is 10.5. The third kappa shape index (κ3) is 2.78. The fourth-order valence-corrected chi connectivity index (χ4v) is 4.21. The van der Waals surface area contributed by atoms with Crippen LogP contribution < -0.4 is 0 Å². The van der Waals surface area contributed by atoms with Gasteiger partial charge in [-0.25, -0.2) is 9.97 Å². The lowest BCUT2D eigenvalue weighted by Gasteiger charge is -2.19. The maximum absolute atomic E-state index is 4.71. The van der Waals surface area contributed by atoms with Gasteiger partial charge in [0.2, 0.25) is 5.78 Å². The van der Waals surface area contributed by atoms with Gasteiger partial charge in [0.25, 0.3) is 0 Å². The van der Waals surface area contributed by atoms with Crippen LogP contribution in [0, 0.1) is 0 Å². The van der Waals surface area contributed by atoms with Gasteiger partial charge in [-0.1, -0.05) is 39.0 Å². The predicted octanol–water partition coefficient (Wildman–Crippen LogP) is 4.98. The average Bonchev–Trinajstić information content (AvgIpc) is 3.40. The second-order valence-corrected chi connectivity index (χ2v) is 8.98. The van der Waals surface area contributed by atoms with Crippen molar-refractivity contribution in [3.8, 4) is 16.8 Å². The van der Waals surface area contributed by atoms with Crippen molar-refractivity contribution in [2.75, 3.05) is 0 Å². The van der Waals surface area contributed by atoms with E-state index in [1.165, 1.54) is 5.56 Å². The van der Waals surface area contributed by atoms with Crippen LogP contribution >= 0.6 is 0 Å². The number of hydrogen-bond donors (Lipinski definition) is 0. The summed E-state index contributed by atoms with van der Waals surface area (Å²) in [6.45, 7) is 6.66. The average molecular weight is 419 g/mol. The van der Waals surface area contributed by atoms with Crippen LogP contribution in [0.2, 0.25) is 0 Å². The minimum absolute atomic E-state index is 0.0880. The van der Waals surface area contributed by atoms with Gasteiger partial charge < -0.3 is 0 Å². The van der Waals surface area contributed by atoms with E-state index in [1.807, 2.05) is 29.1 Å². The second kappa shape index (κ2) is 6.68. The lowest BCUT2D eigenvalue weighted by Crippen LogP contribution is -2.10. The largest absolute Gasteiger partial charge is 0.276 e. The normalized spacial score (nSPS) is 12.2. The molecule has 6 aromatic rings. The van der Waals surface area contributed by atoms with E-state index in [1.54, 1.807) is 12.7 Å². The number of aromatic nitrogens is 7. The zero-order valence-electron chi connectivity index (χ0n) is 18.1. The molecule has 0 aliphatic heterocycles. The molecule has 7 heteroatoms. The Hall–Kier alpha value is -4.13. The summed E-state index contributed by atoms with van der Waals surface area (Å²) in [4.78, 5) is 13.0. The first kappa shape index (κ1) is 18.6. The third-order valence-corrected chi connectivity index (χ3v) is 5.92. The van der Waals surface area contributed by atoms with Crippen LogP contribution in [0.15, 0.2) is 73.7 Å². The number of benzene rings is 2. The summed E-state index contributed by atoms with van der Waals surface area (Å²) in [5, 5.41) is 9.60. The summed E-state index contributed by atoms with van der Waals surface area (Å²) in [6.07, 6.45) is 8.81. The molecule has 7 nitrogen and oxygen atoms in total. The molecule has 0 fully saturated rings. The van der Waals surface area contributed by atoms with Crippen molar-refractivity contribution in [1.29, 1.82) is 0 Å². The highest BCUT2D eigenvalue weighted by atomic mass is 15.3. The number of nitrogens with zero attached hydrogens (tertiary/aromatic N) is 7. The van der Waals surface area contributed by atoms with Crippen LogP contribution in [0.4, 0.5) is 0 Å². The highest BCUT2D eigenvalue weighted by Crippen LogP contribution is 2.33. The van der Waals surface area contributed by atoms with Gasteiger partial charge in [0.1, 0.15) is 12.7 Å². The van der Waals surface area contributed by atoms with E-state index in [4.69, 9.17) is 4.98 Å². The summed E-state index contributed by atoms with van der Waals surface area (Å²) in [5.41, 5.74) is 7.33. The Balaban J connectivity index is 1.67. The molecule has 0 N–H and O–H groups in total. The highest BCUT2D eigenvalue weighted by Gasteiger charge is 2.19. The van der Waals surface area contributed by atoms with E-state index in [0.29, 0.717) is 0 Å². The minimum Gasteiger partial charge on any atom is -0.276 e. The van der Waals surface area contributed by atoms with Crippen molar-refractivity contribution in [2.45, 2.75) is 26.2 Å². The maximum atomic E-state index is 4.71. The van der Waals surface area contributed by atoms with E-state index in [9.17, 15) is 0 Å². The van der Waals surface area contributed by atoms with E-state index in [0.717, 1.165) is 44.5 Å². The molecule has 0 spiro atoms. The third-order valence-electron chi connectivity index (χ3n) is 5.92. The molecule has 0 saturated carbocycles. The minimum atomic E-state index is 0.0880. The molecule has 0 unspecified atom stereocenters. The van der Waals surface area contributed by atoms with Crippen molar-refractivity contribution in [1.82, 2.24) is 34.1 Å². The van der Waals surface area contributed by atoms with Crippen LogP contribution in [-0.4, -0.2) is 34.1 Å². The van der Waals surface area contributed by atoms with Crippen LogP contribution in [0.25, 0.3) is 44.5 Å². The molecule has 0 aliphatic carbocycles. The van der Waals surface area contributed by atoms with E-state index < -0.39 is 0 Å². The molecule has 0 amide bonds. The van der Waals surface area contributed by atoms with E-state index >= 15 is 0 Å². The van der Waals surface area contributed by atoms with E-state index in [-0.39, 0.29) is 5.41 Å². The van der Waals surface area contributed by atoms with Gasteiger partial charge >= 0.3 is 0 Å². The molecule has 2 aromatic carbocycles. The SMILES string of the molecule is CC(C)(C)c1ccc(-n2c3c4cc(-c5cncnc5)ccc4ncc3n3cnnc23)cc1. The molecule has 6 rings (SSSR count). The monoisotopic (exact) mass is 419 g/mol. The summed E-state index contributed by atoms with van der Waals surface area (Å²) in [7, 11) is 0. The summed E-state index contributed by atoms with van der Waals surface area (Å²) in [5.74, 6) is 0.756. The molecule has 0 aliphatic rings. The Morgan fingerprint density at radius 1 is 0.844 bits per heavy atom. The number of fused-ring (bicyclic) bond motifs is 5. The fourth-order valence-electron chi connectivity index (χ4n) is 4.21. The summed E-state index contributed by atoms with van der Waals surface area (Å²) >= 11 is 0. The molecule has 4 aromatic heterocycles. The van der Waals surface area contributed by atoms with Gasteiger partial charge in [-0.2, -0.15) is 0 Å². The Kier molecular flexibility index (Phi) is 3.89. The molecule has 32 heavy (non-hydrogen) atoms. The standard InChI is InChI=1S/C25H21N7/c1-25(2,3)18-5-7-19(8-6-18)32-23-20-10-16(17-11-26-14-27-12-17)4-9-21(20)28-13-22(23)31-15-29-30-24(31)32/h4-15H,1-3H3. The molecule has 0 radical (unpaired) electrons. The van der Waals surface area contributed by atoms with Gasteiger partial charge in [0, 0.05) is 29.0 Å². The first-order valence-electron chi connectivity index (χ1n) is 10.5. The van der Waals surface area contributed by atoms with Gasteiger partial charge in [0.05, 0.1) is 22.7 Å². The Morgan fingerprint density at radius 3 is 2.38 bits per heavy atom. The van der Waals surface area contributed by atoms with Gasteiger partial charge in [0.15, 0.2) is 0 Å². The predicted molar refractivity (Wildman–Crippen MR) is 125 cm³/mol. The molecular formula is C25H21N7. The van der Waals surface area contributed by atoms with Crippen LogP contribution in [0.5, 0.6) is 0 Å². The number of hydrogen-bond acceptors (Lipinski definition) is 5. The zero-order chi connectivity index (χ0) is 21.9. The maximum Gasteiger partial charge on any atom is 0.241 e. The molecule has 0 saturated heterocycles. The highest BCUT2D eigenvalue weighted by molar-refractivity contribution is 6.06. The number of rotatable bonds is 2. The van der Waals surface area contributed by atoms with Crippen LogP contribution in [0.1, 0.15) is 26.3 Å². The van der Waals surface area contributed by atoms with Gasteiger partial charge in [-0.3, -0.25) is 14.0 Å². The first-order chi connectivity index (χ1) is 15.5. The van der Waals surface area contributed by atoms with E-state index in [2.05, 4.69) is 81.9 Å². The fraction of sp³-hybridized carbons (Fsp3) is 0.160. The smallest absolute Gasteiger partial charge is 0.241 e. The van der Waals surface area contributed by atoms with Crippen molar-refractivity contribution >= 4 is 27.7 Å². The Bertz CT molecular complexity index is 1590. The number of pyridine rings is 1. The van der Waals surface area contributed by atoms with Gasteiger partial charge in [-0.15, -0.1) is 10.2 Å². The molecule has 0 atom stereocenters. The topological polar surface area (TPSA) is 73.8 Å². The van der Waals surface area contributed by atoms with Crippen molar-refractivity contribution < 1.29 is 0 Å². The molecule has 4 heterocycles. The van der Waals surface area contributed by atoms with Crippen LogP contribution in [-0.2, 0) is 5.41 Å². The summed E-state index contributed by atoms with van der Waals surface area (Å²) in [6, 6.07) is 14.9.